The lowest BCUT2D eigenvalue weighted by atomic mass is 9.88. The summed E-state index contributed by atoms with van der Waals surface area (Å²) in [6.07, 6.45) is -0.0107. The van der Waals surface area contributed by atoms with Crippen molar-refractivity contribution in [1.29, 1.82) is 0 Å². The SMILES string of the molecule is CC1CC(F)(F)CC(C)N1C(C)(C)C. The molecule has 0 saturated carbocycles. The van der Waals surface area contributed by atoms with Crippen LogP contribution >= 0.6 is 0 Å². The molecule has 0 N–H and O–H groups in total. The van der Waals surface area contributed by atoms with Crippen LogP contribution in [0, 0.1) is 0 Å². The number of alkyl halides is 2. The molecule has 1 aliphatic rings. The fraction of sp³-hybridized carbons (Fsp3) is 1.00. The van der Waals surface area contributed by atoms with E-state index in [1.807, 2.05) is 13.8 Å². The molecular formula is C11H21F2N. The Balaban J connectivity index is 2.81. The van der Waals surface area contributed by atoms with Crippen LogP contribution in [0.15, 0.2) is 0 Å². The highest BCUT2D eigenvalue weighted by Crippen LogP contribution is 2.38. The molecule has 14 heavy (non-hydrogen) atoms. The lowest BCUT2D eigenvalue weighted by molar-refractivity contribution is -0.118. The molecular weight excluding hydrogens is 184 g/mol. The minimum atomic E-state index is -2.47. The molecule has 1 aliphatic heterocycles. The number of nitrogens with zero attached hydrogens (tertiary/aromatic N) is 1. The lowest BCUT2D eigenvalue weighted by Gasteiger charge is -2.49. The van der Waals surface area contributed by atoms with Gasteiger partial charge in [0.05, 0.1) is 0 Å². The normalized spacial score (nSPS) is 34.5. The van der Waals surface area contributed by atoms with Crippen molar-refractivity contribution < 1.29 is 8.78 Å². The minimum absolute atomic E-state index is 0.00535. The Kier molecular flexibility index (Phi) is 2.92. The number of hydrogen-bond acceptors (Lipinski definition) is 1. The van der Waals surface area contributed by atoms with Gasteiger partial charge in [-0.05, 0) is 34.6 Å². The van der Waals surface area contributed by atoms with Gasteiger partial charge < -0.3 is 0 Å². The molecule has 0 spiro atoms. The molecule has 1 saturated heterocycles. The monoisotopic (exact) mass is 205 g/mol. The van der Waals surface area contributed by atoms with Crippen molar-refractivity contribution in [3.05, 3.63) is 0 Å². The summed E-state index contributed by atoms with van der Waals surface area (Å²) in [5.74, 6) is -2.47. The fourth-order valence-electron chi connectivity index (χ4n) is 2.90. The Hall–Kier alpha value is -0.180. The molecule has 1 nitrogen and oxygen atoms in total. The van der Waals surface area contributed by atoms with Gasteiger partial charge in [-0.25, -0.2) is 8.78 Å². The van der Waals surface area contributed by atoms with E-state index in [1.54, 1.807) is 0 Å². The molecule has 3 heteroatoms. The predicted molar refractivity (Wildman–Crippen MR) is 54.7 cm³/mol. The van der Waals surface area contributed by atoms with Crippen molar-refractivity contribution in [2.24, 2.45) is 0 Å². The minimum Gasteiger partial charge on any atom is -0.293 e. The first-order valence-electron chi connectivity index (χ1n) is 5.30. The lowest BCUT2D eigenvalue weighted by Crippen LogP contribution is -2.58. The van der Waals surface area contributed by atoms with E-state index in [9.17, 15) is 8.78 Å². The Morgan fingerprint density at radius 2 is 1.43 bits per heavy atom. The molecule has 1 fully saturated rings. The quantitative estimate of drug-likeness (QED) is 0.586. The maximum absolute atomic E-state index is 13.2. The molecule has 0 amide bonds. The zero-order valence-electron chi connectivity index (χ0n) is 9.77. The van der Waals surface area contributed by atoms with Crippen LogP contribution in [0.2, 0.25) is 0 Å². The molecule has 1 rings (SSSR count). The van der Waals surface area contributed by atoms with Crippen LogP contribution in [-0.2, 0) is 0 Å². The second-order valence-corrected chi connectivity index (χ2v) is 5.54. The highest BCUT2D eigenvalue weighted by atomic mass is 19.3. The van der Waals surface area contributed by atoms with Gasteiger partial charge in [-0.15, -0.1) is 0 Å². The highest BCUT2D eigenvalue weighted by molar-refractivity contribution is 4.94. The van der Waals surface area contributed by atoms with Crippen molar-refractivity contribution in [2.45, 2.75) is 71.0 Å². The summed E-state index contributed by atoms with van der Waals surface area (Å²) >= 11 is 0. The van der Waals surface area contributed by atoms with Crippen LogP contribution in [0.4, 0.5) is 8.78 Å². The Labute approximate surface area is 85.5 Å². The maximum atomic E-state index is 13.2. The predicted octanol–water partition coefficient (Wildman–Crippen LogP) is 3.29. The summed E-state index contributed by atoms with van der Waals surface area (Å²) in [5, 5.41) is 0. The number of halogens is 2. The van der Waals surface area contributed by atoms with E-state index >= 15 is 0 Å². The van der Waals surface area contributed by atoms with E-state index in [1.165, 1.54) is 0 Å². The molecule has 0 aromatic carbocycles. The Morgan fingerprint density at radius 3 is 1.71 bits per heavy atom. The topological polar surface area (TPSA) is 3.24 Å². The zero-order valence-corrected chi connectivity index (χ0v) is 9.77. The average molecular weight is 205 g/mol. The second kappa shape index (κ2) is 3.44. The summed E-state index contributed by atoms with van der Waals surface area (Å²) in [6.45, 7) is 10.1. The number of likely N-dealkylation sites (tertiary alicyclic amines) is 1. The van der Waals surface area contributed by atoms with E-state index in [-0.39, 0.29) is 30.5 Å². The number of hydrogen-bond donors (Lipinski definition) is 0. The van der Waals surface area contributed by atoms with Gasteiger partial charge in [0.2, 0.25) is 0 Å². The van der Waals surface area contributed by atoms with Gasteiger partial charge in [-0.2, -0.15) is 0 Å². The van der Waals surface area contributed by atoms with Crippen LogP contribution in [0.25, 0.3) is 0 Å². The highest BCUT2D eigenvalue weighted by Gasteiger charge is 2.45. The summed E-state index contributed by atoms with van der Waals surface area (Å²) in [7, 11) is 0. The van der Waals surface area contributed by atoms with Crippen molar-refractivity contribution in [1.82, 2.24) is 4.90 Å². The standard InChI is InChI=1S/C11H21F2N/c1-8-6-11(12,13)7-9(2)14(8)10(3,4)5/h8-9H,6-7H2,1-5H3. The Bertz CT molecular complexity index is 194. The third kappa shape index (κ3) is 2.44. The van der Waals surface area contributed by atoms with E-state index in [2.05, 4.69) is 25.7 Å². The molecule has 0 radical (unpaired) electrons. The zero-order chi connectivity index (χ0) is 11.1. The first-order valence-corrected chi connectivity index (χ1v) is 5.30. The second-order valence-electron chi connectivity index (χ2n) is 5.54. The van der Waals surface area contributed by atoms with Crippen LogP contribution < -0.4 is 0 Å². The van der Waals surface area contributed by atoms with Gasteiger partial charge in [0.15, 0.2) is 0 Å². The van der Waals surface area contributed by atoms with Gasteiger partial charge in [0.25, 0.3) is 5.92 Å². The van der Waals surface area contributed by atoms with Gasteiger partial charge >= 0.3 is 0 Å². The van der Waals surface area contributed by atoms with Crippen LogP contribution in [0.5, 0.6) is 0 Å². The van der Waals surface area contributed by atoms with Gasteiger partial charge in [0.1, 0.15) is 0 Å². The molecule has 0 aromatic rings. The average Bonchev–Trinajstić information content (AvgIpc) is 1.75. The molecule has 0 aromatic heterocycles. The number of rotatable bonds is 0. The molecule has 2 unspecified atom stereocenters. The molecule has 2 atom stereocenters. The first-order chi connectivity index (χ1) is 6.13. The van der Waals surface area contributed by atoms with Crippen molar-refractivity contribution in [3.63, 3.8) is 0 Å². The van der Waals surface area contributed by atoms with Gasteiger partial charge in [0, 0.05) is 30.5 Å². The summed E-state index contributed by atoms with van der Waals surface area (Å²) in [6, 6.07) is -0.0671. The van der Waals surface area contributed by atoms with Crippen LogP contribution in [0.3, 0.4) is 0 Å². The third-order valence-electron chi connectivity index (χ3n) is 2.91. The van der Waals surface area contributed by atoms with E-state index in [0.717, 1.165) is 0 Å². The van der Waals surface area contributed by atoms with Gasteiger partial charge in [-0.3, -0.25) is 4.90 Å². The summed E-state index contributed by atoms with van der Waals surface area (Å²) in [5.41, 5.74) is -0.0185. The fourth-order valence-corrected chi connectivity index (χ4v) is 2.90. The van der Waals surface area contributed by atoms with Gasteiger partial charge in [-0.1, -0.05) is 0 Å². The summed E-state index contributed by atoms with van der Waals surface area (Å²) in [4.78, 5) is 2.20. The van der Waals surface area contributed by atoms with Crippen molar-refractivity contribution in [2.75, 3.05) is 0 Å². The Morgan fingerprint density at radius 1 is 1.07 bits per heavy atom. The largest absolute Gasteiger partial charge is 0.293 e. The molecule has 84 valence electrons. The summed E-state index contributed by atoms with van der Waals surface area (Å²) < 4.78 is 26.5. The van der Waals surface area contributed by atoms with E-state index in [4.69, 9.17) is 0 Å². The van der Waals surface area contributed by atoms with Crippen LogP contribution in [-0.4, -0.2) is 28.4 Å². The van der Waals surface area contributed by atoms with Crippen molar-refractivity contribution >= 4 is 0 Å². The van der Waals surface area contributed by atoms with E-state index in [0.29, 0.717) is 0 Å². The smallest absolute Gasteiger partial charge is 0.251 e. The molecule has 0 aliphatic carbocycles. The number of piperidine rings is 1. The molecule has 1 heterocycles. The van der Waals surface area contributed by atoms with Crippen molar-refractivity contribution in [3.8, 4) is 0 Å². The maximum Gasteiger partial charge on any atom is 0.251 e. The van der Waals surface area contributed by atoms with E-state index < -0.39 is 5.92 Å². The molecule has 0 bridgehead atoms. The van der Waals surface area contributed by atoms with Crippen LogP contribution in [0.1, 0.15) is 47.5 Å². The third-order valence-corrected chi connectivity index (χ3v) is 2.91. The first kappa shape index (κ1) is 11.9.